The number of piperazine rings is 1. The zero-order chi connectivity index (χ0) is 18.6. The third kappa shape index (κ3) is 5.92. The topological polar surface area (TPSA) is 59.1 Å². The Morgan fingerprint density at radius 2 is 1.56 bits per heavy atom. The quantitative estimate of drug-likeness (QED) is 0.763. The first-order valence-electron chi connectivity index (χ1n) is 8.34. The van der Waals surface area contributed by atoms with Crippen molar-refractivity contribution in [3.8, 4) is 5.75 Å². The largest absolute Gasteiger partial charge is 0.481 e. The summed E-state index contributed by atoms with van der Waals surface area (Å²) in [5.41, 5.74) is -0.517. The molecule has 0 unspecified atom stereocenters. The molecule has 1 atom stereocenters. The first kappa shape index (κ1) is 19.6. The number of halogens is 1. The molecule has 1 aromatic rings. The Balaban J connectivity index is 1.84. The van der Waals surface area contributed by atoms with Gasteiger partial charge in [0.25, 0.3) is 5.91 Å². The van der Waals surface area contributed by atoms with Crippen LogP contribution >= 0.6 is 15.9 Å². The highest BCUT2D eigenvalue weighted by Gasteiger charge is 2.30. The molecule has 0 spiro atoms. The molecule has 1 aliphatic heterocycles. The Labute approximate surface area is 157 Å². The smallest absolute Gasteiger partial charge is 0.410 e. The van der Waals surface area contributed by atoms with Crippen LogP contribution in [0.15, 0.2) is 28.7 Å². The number of benzene rings is 1. The van der Waals surface area contributed by atoms with Crippen LogP contribution in [0.1, 0.15) is 27.7 Å². The van der Waals surface area contributed by atoms with Crippen LogP contribution in [-0.4, -0.2) is 59.7 Å². The number of carbonyl (C=O) groups excluding carboxylic acids is 2. The molecule has 0 aliphatic carbocycles. The zero-order valence-corrected chi connectivity index (χ0v) is 16.7. The molecule has 7 heteroatoms. The van der Waals surface area contributed by atoms with Crippen LogP contribution in [0.5, 0.6) is 5.75 Å². The summed E-state index contributed by atoms with van der Waals surface area (Å²) in [5, 5.41) is 0. The monoisotopic (exact) mass is 412 g/mol. The zero-order valence-electron chi connectivity index (χ0n) is 15.1. The van der Waals surface area contributed by atoms with Crippen molar-refractivity contribution in [3.05, 3.63) is 28.7 Å². The van der Waals surface area contributed by atoms with Crippen LogP contribution in [0, 0.1) is 0 Å². The van der Waals surface area contributed by atoms with E-state index in [9.17, 15) is 9.59 Å². The third-order valence-electron chi connectivity index (χ3n) is 3.72. The third-order valence-corrected chi connectivity index (χ3v) is 4.25. The van der Waals surface area contributed by atoms with Crippen LogP contribution in [0.25, 0.3) is 0 Å². The second-order valence-electron chi connectivity index (χ2n) is 7.01. The molecule has 2 amide bonds. The van der Waals surface area contributed by atoms with Gasteiger partial charge in [-0.3, -0.25) is 4.79 Å². The lowest BCUT2D eigenvalue weighted by molar-refractivity contribution is -0.139. The van der Waals surface area contributed by atoms with E-state index in [1.165, 1.54) is 0 Å². The Bertz CT molecular complexity index is 604. The number of carbonyl (C=O) groups is 2. The second-order valence-corrected chi connectivity index (χ2v) is 7.92. The first-order chi connectivity index (χ1) is 11.7. The van der Waals surface area contributed by atoms with Gasteiger partial charge >= 0.3 is 6.09 Å². The van der Waals surface area contributed by atoms with E-state index >= 15 is 0 Å². The standard InChI is InChI=1S/C18H25BrN2O4/c1-13(24-15-7-5-14(19)6-8-15)16(22)20-9-11-21(12-10-20)17(23)25-18(2,3)4/h5-8,13H,9-12H2,1-4H3/t13-/m0/s1. The highest BCUT2D eigenvalue weighted by Crippen LogP contribution is 2.18. The highest BCUT2D eigenvalue weighted by molar-refractivity contribution is 9.10. The van der Waals surface area contributed by atoms with Gasteiger partial charge in [0.05, 0.1) is 0 Å². The van der Waals surface area contributed by atoms with E-state index in [4.69, 9.17) is 9.47 Å². The molecule has 2 rings (SSSR count). The fourth-order valence-corrected chi connectivity index (χ4v) is 2.73. The van der Waals surface area contributed by atoms with Gasteiger partial charge in [0.2, 0.25) is 0 Å². The lowest BCUT2D eigenvalue weighted by atomic mass is 10.2. The van der Waals surface area contributed by atoms with E-state index in [0.717, 1.165) is 4.47 Å². The average molecular weight is 413 g/mol. The SMILES string of the molecule is C[C@H](Oc1ccc(Br)cc1)C(=O)N1CCN(C(=O)OC(C)(C)C)CC1. The predicted molar refractivity (Wildman–Crippen MR) is 98.6 cm³/mol. The lowest BCUT2D eigenvalue weighted by Gasteiger charge is -2.36. The summed E-state index contributed by atoms with van der Waals surface area (Å²) in [6, 6.07) is 7.36. The van der Waals surface area contributed by atoms with Crippen molar-refractivity contribution in [2.24, 2.45) is 0 Å². The number of hydrogen-bond acceptors (Lipinski definition) is 4. The van der Waals surface area contributed by atoms with Crippen LogP contribution in [0.2, 0.25) is 0 Å². The number of amides is 2. The maximum atomic E-state index is 12.5. The number of hydrogen-bond donors (Lipinski definition) is 0. The minimum absolute atomic E-state index is 0.0771. The molecule has 25 heavy (non-hydrogen) atoms. The molecule has 138 valence electrons. The van der Waals surface area contributed by atoms with Crippen LogP contribution < -0.4 is 4.74 Å². The van der Waals surface area contributed by atoms with Gasteiger partial charge in [-0.15, -0.1) is 0 Å². The van der Waals surface area contributed by atoms with Gasteiger partial charge in [0, 0.05) is 30.7 Å². The number of ether oxygens (including phenoxy) is 2. The van der Waals surface area contributed by atoms with E-state index in [1.54, 1.807) is 16.7 Å². The maximum absolute atomic E-state index is 12.5. The Morgan fingerprint density at radius 3 is 2.08 bits per heavy atom. The Kier molecular flexibility index (Phi) is 6.32. The highest BCUT2D eigenvalue weighted by atomic mass is 79.9. The van der Waals surface area contributed by atoms with Crippen molar-refractivity contribution in [3.63, 3.8) is 0 Å². The van der Waals surface area contributed by atoms with Crippen molar-refractivity contribution in [1.29, 1.82) is 0 Å². The minimum atomic E-state index is -0.575. The fraction of sp³-hybridized carbons (Fsp3) is 0.556. The Morgan fingerprint density at radius 1 is 1.04 bits per heavy atom. The first-order valence-corrected chi connectivity index (χ1v) is 9.14. The number of nitrogens with zero attached hydrogens (tertiary/aromatic N) is 2. The molecule has 0 N–H and O–H groups in total. The molecule has 6 nitrogen and oxygen atoms in total. The molecular formula is C18H25BrN2O4. The lowest BCUT2D eigenvalue weighted by Crippen LogP contribution is -2.53. The van der Waals surface area contributed by atoms with Gasteiger partial charge < -0.3 is 19.3 Å². The summed E-state index contributed by atoms with van der Waals surface area (Å²) in [4.78, 5) is 28.0. The van der Waals surface area contributed by atoms with Gasteiger partial charge in [0.1, 0.15) is 11.4 Å². The van der Waals surface area contributed by atoms with Crippen molar-refractivity contribution in [1.82, 2.24) is 9.80 Å². The molecule has 0 aromatic heterocycles. The van der Waals surface area contributed by atoms with Gasteiger partial charge in [-0.1, -0.05) is 15.9 Å². The maximum Gasteiger partial charge on any atom is 0.410 e. The minimum Gasteiger partial charge on any atom is -0.481 e. The molecule has 1 aromatic carbocycles. The van der Waals surface area contributed by atoms with Crippen LogP contribution in [0.3, 0.4) is 0 Å². The fourth-order valence-electron chi connectivity index (χ4n) is 2.46. The van der Waals surface area contributed by atoms with E-state index in [0.29, 0.717) is 31.9 Å². The van der Waals surface area contributed by atoms with E-state index in [-0.39, 0.29) is 12.0 Å². The van der Waals surface area contributed by atoms with E-state index in [2.05, 4.69) is 15.9 Å². The van der Waals surface area contributed by atoms with Gasteiger partial charge in [-0.05, 0) is 52.0 Å². The Hall–Kier alpha value is -1.76. The van der Waals surface area contributed by atoms with Crippen LogP contribution in [0.4, 0.5) is 4.79 Å². The summed E-state index contributed by atoms with van der Waals surface area (Å²) in [6.45, 7) is 9.14. The van der Waals surface area contributed by atoms with Gasteiger partial charge in [-0.2, -0.15) is 0 Å². The van der Waals surface area contributed by atoms with Crippen molar-refractivity contribution in [2.45, 2.75) is 39.4 Å². The molecule has 1 heterocycles. The molecule has 0 radical (unpaired) electrons. The van der Waals surface area contributed by atoms with Gasteiger partial charge in [0.15, 0.2) is 6.10 Å². The average Bonchev–Trinajstić information content (AvgIpc) is 2.55. The molecule has 1 aliphatic rings. The number of rotatable bonds is 3. The summed E-state index contributed by atoms with van der Waals surface area (Å²) in [6.07, 6.45) is -0.909. The molecular weight excluding hydrogens is 388 g/mol. The van der Waals surface area contributed by atoms with Gasteiger partial charge in [-0.25, -0.2) is 4.79 Å². The van der Waals surface area contributed by atoms with Crippen molar-refractivity contribution >= 4 is 27.9 Å². The van der Waals surface area contributed by atoms with E-state index < -0.39 is 11.7 Å². The summed E-state index contributed by atoms with van der Waals surface area (Å²) >= 11 is 3.37. The van der Waals surface area contributed by atoms with Crippen molar-refractivity contribution in [2.75, 3.05) is 26.2 Å². The molecule has 0 bridgehead atoms. The summed E-state index contributed by atoms with van der Waals surface area (Å²) < 4.78 is 12.0. The molecule has 1 saturated heterocycles. The predicted octanol–water partition coefficient (Wildman–Crippen LogP) is 3.30. The van der Waals surface area contributed by atoms with Crippen molar-refractivity contribution < 1.29 is 19.1 Å². The second kappa shape index (κ2) is 8.08. The summed E-state index contributed by atoms with van der Waals surface area (Å²) in [7, 11) is 0. The van der Waals surface area contributed by atoms with E-state index in [1.807, 2.05) is 45.0 Å². The molecule has 1 fully saturated rings. The normalized spacial score (nSPS) is 16.4. The molecule has 0 saturated carbocycles. The van der Waals surface area contributed by atoms with Crippen LogP contribution in [-0.2, 0) is 9.53 Å². The summed E-state index contributed by atoms with van der Waals surface area (Å²) in [5.74, 6) is 0.572.